The Hall–Kier alpha value is -3.41. The van der Waals surface area contributed by atoms with Crippen molar-refractivity contribution in [3.63, 3.8) is 0 Å². The molecule has 0 fully saturated rings. The molecule has 1 amide bonds. The van der Waals surface area contributed by atoms with Gasteiger partial charge in [0.2, 0.25) is 0 Å². The molecule has 0 aliphatic rings. The summed E-state index contributed by atoms with van der Waals surface area (Å²) < 4.78 is 1.79. The second-order valence-corrected chi connectivity index (χ2v) is 7.11. The Kier molecular flexibility index (Phi) is 6.12. The molecule has 0 aliphatic heterocycles. The molecule has 6 heteroatoms. The smallest absolute Gasteiger partial charge is 0.303 e. The van der Waals surface area contributed by atoms with Crippen LogP contribution >= 0.6 is 0 Å². The van der Waals surface area contributed by atoms with E-state index in [4.69, 9.17) is 5.11 Å². The van der Waals surface area contributed by atoms with E-state index in [0.29, 0.717) is 12.0 Å². The molecule has 2 N–H and O–H groups in total. The summed E-state index contributed by atoms with van der Waals surface area (Å²) in [6, 6.07) is 17.0. The quantitative estimate of drug-likeness (QED) is 0.638. The van der Waals surface area contributed by atoms with Crippen LogP contribution in [0.5, 0.6) is 0 Å². The minimum atomic E-state index is -0.823. The number of aryl methyl sites for hydroxylation is 1. The zero-order chi connectivity index (χ0) is 21.0. The zero-order valence-electron chi connectivity index (χ0n) is 16.8. The van der Waals surface area contributed by atoms with E-state index in [0.717, 1.165) is 28.2 Å². The summed E-state index contributed by atoms with van der Waals surface area (Å²) in [6.07, 6.45) is 0.525. The second-order valence-electron chi connectivity index (χ2n) is 7.11. The number of carbonyl (C=O) groups is 2. The normalized spacial score (nSPS) is 11.8. The van der Waals surface area contributed by atoms with Gasteiger partial charge in [0.15, 0.2) is 0 Å². The molecule has 3 rings (SSSR count). The number of aliphatic carboxylic acids is 1. The van der Waals surface area contributed by atoms with Gasteiger partial charge in [-0.05, 0) is 62.6 Å². The molecule has 6 nitrogen and oxygen atoms in total. The lowest BCUT2D eigenvalue weighted by molar-refractivity contribution is -0.136. The SMILES string of the molecule is Cc1nn(-c2ccc(C(=O)NC(C)c3ccccc3)cc2)c(C)c1CCC(=O)O. The maximum atomic E-state index is 12.6. The predicted octanol–water partition coefficient (Wildman–Crippen LogP) is 4.00. The van der Waals surface area contributed by atoms with E-state index in [1.54, 1.807) is 16.8 Å². The first kappa shape index (κ1) is 20.3. The van der Waals surface area contributed by atoms with Crippen LogP contribution in [0.2, 0.25) is 0 Å². The van der Waals surface area contributed by atoms with Gasteiger partial charge in [-0.2, -0.15) is 5.10 Å². The van der Waals surface area contributed by atoms with Gasteiger partial charge in [0, 0.05) is 17.7 Å². The van der Waals surface area contributed by atoms with E-state index >= 15 is 0 Å². The second kappa shape index (κ2) is 8.73. The highest BCUT2D eigenvalue weighted by Crippen LogP contribution is 2.20. The Morgan fingerprint density at radius 2 is 1.72 bits per heavy atom. The molecule has 0 saturated carbocycles. The molecular formula is C23H25N3O3. The third kappa shape index (κ3) is 4.71. The molecule has 0 radical (unpaired) electrons. The molecule has 150 valence electrons. The predicted molar refractivity (Wildman–Crippen MR) is 111 cm³/mol. The van der Waals surface area contributed by atoms with Crippen molar-refractivity contribution in [1.82, 2.24) is 15.1 Å². The molecule has 1 heterocycles. The van der Waals surface area contributed by atoms with Crippen LogP contribution in [0.15, 0.2) is 54.6 Å². The first-order valence-corrected chi connectivity index (χ1v) is 9.60. The number of carboxylic acids is 1. The van der Waals surface area contributed by atoms with Crippen molar-refractivity contribution in [2.45, 2.75) is 39.7 Å². The standard InChI is InChI=1S/C23H25N3O3/c1-15(18-7-5-4-6-8-18)24-23(29)19-9-11-20(12-10-19)26-17(3)21(16(2)25-26)13-14-22(27)28/h4-12,15H,13-14H2,1-3H3,(H,24,29)(H,27,28). The fraction of sp³-hybridized carbons (Fsp3) is 0.261. The summed E-state index contributed by atoms with van der Waals surface area (Å²) in [7, 11) is 0. The highest BCUT2D eigenvalue weighted by molar-refractivity contribution is 5.94. The molecule has 2 aromatic carbocycles. The molecular weight excluding hydrogens is 366 g/mol. The largest absolute Gasteiger partial charge is 0.481 e. The molecule has 0 bridgehead atoms. The average Bonchev–Trinajstić information content (AvgIpc) is 3.00. The van der Waals surface area contributed by atoms with Crippen LogP contribution in [-0.2, 0) is 11.2 Å². The topological polar surface area (TPSA) is 84.2 Å². The number of nitrogens with zero attached hydrogens (tertiary/aromatic N) is 2. The summed E-state index contributed by atoms with van der Waals surface area (Å²) in [5.74, 6) is -0.958. The van der Waals surface area contributed by atoms with Crippen LogP contribution < -0.4 is 5.32 Å². The first-order valence-electron chi connectivity index (χ1n) is 9.60. The van der Waals surface area contributed by atoms with E-state index in [2.05, 4.69) is 10.4 Å². The number of amides is 1. The summed E-state index contributed by atoms with van der Waals surface area (Å²) in [4.78, 5) is 23.4. The third-order valence-corrected chi connectivity index (χ3v) is 5.05. The van der Waals surface area contributed by atoms with Gasteiger partial charge in [-0.1, -0.05) is 30.3 Å². The van der Waals surface area contributed by atoms with E-state index in [1.807, 2.05) is 63.2 Å². The van der Waals surface area contributed by atoms with Crippen molar-refractivity contribution in [1.29, 1.82) is 0 Å². The maximum Gasteiger partial charge on any atom is 0.303 e. The minimum absolute atomic E-state index is 0.0755. The van der Waals surface area contributed by atoms with Gasteiger partial charge >= 0.3 is 5.97 Å². The molecule has 0 aliphatic carbocycles. The molecule has 29 heavy (non-hydrogen) atoms. The van der Waals surface area contributed by atoms with E-state index < -0.39 is 5.97 Å². The molecule has 3 aromatic rings. The Labute approximate surface area is 170 Å². The maximum absolute atomic E-state index is 12.6. The Morgan fingerprint density at radius 3 is 2.34 bits per heavy atom. The highest BCUT2D eigenvalue weighted by Gasteiger charge is 2.15. The average molecular weight is 391 g/mol. The van der Waals surface area contributed by atoms with Crippen molar-refractivity contribution in [3.05, 3.63) is 82.7 Å². The summed E-state index contributed by atoms with van der Waals surface area (Å²) >= 11 is 0. The van der Waals surface area contributed by atoms with Crippen LogP contribution in [-0.4, -0.2) is 26.8 Å². The third-order valence-electron chi connectivity index (χ3n) is 5.05. The Morgan fingerprint density at radius 1 is 1.07 bits per heavy atom. The number of carboxylic acid groups (broad SMARTS) is 1. The van der Waals surface area contributed by atoms with E-state index in [-0.39, 0.29) is 18.4 Å². The number of nitrogens with one attached hydrogen (secondary N) is 1. The van der Waals surface area contributed by atoms with Crippen molar-refractivity contribution in [3.8, 4) is 5.69 Å². The Bertz CT molecular complexity index is 1010. The number of hydrogen-bond acceptors (Lipinski definition) is 3. The number of carbonyl (C=O) groups excluding carboxylic acids is 1. The van der Waals surface area contributed by atoms with E-state index in [9.17, 15) is 9.59 Å². The van der Waals surface area contributed by atoms with Crippen molar-refractivity contribution >= 4 is 11.9 Å². The van der Waals surface area contributed by atoms with Gasteiger partial charge in [-0.3, -0.25) is 9.59 Å². The molecule has 0 spiro atoms. The monoisotopic (exact) mass is 391 g/mol. The van der Waals surface area contributed by atoms with Crippen molar-refractivity contribution < 1.29 is 14.7 Å². The van der Waals surface area contributed by atoms with Crippen LogP contribution in [0.25, 0.3) is 5.69 Å². The number of hydrogen-bond donors (Lipinski definition) is 2. The zero-order valence-corrected chi connectivity index (χ0v) is 16.8. The van der Waals surface area contributed by atoms with Crippen LogP contribution in [0.4, 0.5) is 0 Å². The van der Waals surface area contributed by atoms with Crippen LogP contribution in [0.1, 0.15) is 52.3 Å². The van der Waals surface area contributed by atoms with Crippen LogP contribution in [0.3, 0.4) is 0 Å². The molecule has 0 saturated heterocycles. The fourth-order valence-electron chi connectivity index (χ4n) is 3.38. The van der Waals surface area contributed by atoms with E-state index in [1.165, 1.54) is 0 Å². The van der Waals surface area contributed by atoms with Crippen LogP contribution in [0, 0.1) is 13.8 Å². The number of rotatable bonds is 7. The number of benzene rings is 2. The number of aromatic nitrogens is 2. The van der Waals surface area contributed by atoms with Gasteiger partial charge in [0.1, 0.15) is 0 Å². The summed E-state index contributed by atoms with van der Waals surface area (Å²) in [5.41, 5.74) is 5.14. The Balaban J connectivity index is 1.74. The van der Waals surface area contributed by atoms with Gasteiger partial charge in [0.25, 0.3) is 5.91 Å². The van der Waals surface area contributed by atoms with Gasteiger partial charge in [-0.15, -0.1) is 0 Å². The minimum Gasteiger partial charge on any atom is -0.481 e. The van der Waals surface area contributed by atoms with Gasteiger partial charge in [-0.25, -0.2) is 4.68 Å². The van der Waals surface area contributed by atoms with Crippen molar-refractivity contribution in [2.24, 2.45) is 0 Å². The van der Waals surface area contributed by atoms with Gasteiger partial charge in [0.05, 0.1) is 17.4 Å². The molecule has 1 atom stereocenters. The summed E-state index contributed by atoms with van der Waals surface area (Å²) in [6.45, 7) is 5.77. The van der Waals surface area contributed by atoms with Crippen molar-refractivity contribution in [2.75, 3.05) is 0 Å². The molecule has 1 aromatic heterocycles. The lowest BCUT2D eigenvalue weighted by atomic mass is 10.1. The van der Waals surface area contributed by atoms with Gasteiger partial charge < -0.3 is 10.4 Å². The molecule has 1 unspecified atom stereocenters. The lowest BCUT2D eigenvalue weighted by Gasteiger charge is -2.14. The summed E-state index contributed by atoms with van der Waals surface area (Å²) in [5, 5.41) is 16.5. The first-order chi connectivity index (χ1) is 13.9. The highest BCUT2D eigenvalue weighted by atomic mass is 16.4. The lowest BCUT2D eigenvalue weighted by Crippen LogP contribution is -2.26. The fourth-order valence-corrected chi connectivity index (χ4v) is 3.38.